The second kappa shape index (κ2) is 6.21. The van der Waals surface area contributed by atoms with Crippen LogP contribution in [0.4, 0.5) is 0 Å². The number of ketones is 1. The Labute approximate surface area is 117 Å². The molecule has 0 unspecified atom stereocenters. The zero-order chi connectivity index (χ0) is 13.7. The molecule has 0 aromatic heterocycles. The predicted molar refractivity (Wildman–Crippen MR) is 77.7 cm³/mol. The van der Waals surface area contributed by atoms with Crippen LogP contribution in [0.15, 0.2) is 54.6 Å². The van der Waals surface area contributed by atoms with Crippen LogP contribution in [0, 0.1) is 0 Å². The summed E-state index contributed by atoms with van der Waals surface area (Å²) < 4.78 is 5.78. The van der Waals surface area contributed by atoms with Crippen LogP contribution in [0.1, 0.15) is 12.5 Å². The van der Waals surface area contributed by atoms with Gasteiger partial charge in [-0.1, -0.05) is 35.9 Å². The SMILES string of the molecule is CC(=O)C=Cc1ccccc1Oc1cccc(Cl)c1. The summed E-state index contributed by atoms with van der Waals surface area (Å²) >= 11 is 5.91. The van der Waals surface area contributed by atoms with Crippen molar-refractivity contribution in [3.8, 4) is 11.5 Å². The van der Waals surface area contributed by atoms with Gasteiger partial charge in [-0.3, -0.25) is 4.79 Å². The number of allylic oxidation sites excluding steroid dienone is 1. The molecule has 96 valence electrons. The van der Waals surface area contributed by atoms with E-state index >= 15 is 0 Å². The van der Waals surface area contributed by atoms with Crippen molar-refractivity contribution < 1.29 is 9.53 Å². The van der Waals surface area contributed by atoms with Gasteiger partial charge in [-0.05, 0) is 43.3 Å². The second-order valence-corrected chi connectivity index (χ2v) is 4.48. The number of carbonyl (C=O) groups excluding carboxylic acids is 1. The van der Waals surface area contributed by atoms with Crippen LogP contribution >= 0.6 is 11.6 Å². The van der Waals surface area contributed by atoms with Gasteiger partial charge in [0, 0.05) is 10.6 Å². The van der Waals surface area contributed by atoms with Gasteiger partial charge in [0.25, 0.3) is 0 Å². The average Bonchev–Trinajstić information content (AvgIpc) is 2.38. The van der Waals surface area contributed by atoms with Gasteiger partial charge in [0.1, 0.15) is 11.5 Å². The first-order valence-electron chi connectivity index (χ1n) is 5.86. The van der Waals surface area contributed by atoms with Gasteiger partial charge < -0.3 is 4.74 Å². The van der Waals surface area contributed by atoms with E-state index in [0.717, 1.165) is 5.56 Å². The maximum atomic E-state index is 11.0. The van der Waals surface area contributed by atoms with Crippen molar-refractivity contribution in [3.05, 3.63) is 65.2 Å². The number of hydrogen-bond donors (Lipinski definition) is 0. The summed E-state index contributed by atoms with van der Waals surface area (Å²) in [6.45, 7) is 1.51. The van der Waals surface area contributed by atoms with Crippen molar-refractivity contribution in [2.45, 2.75) is 6.92 Å². The normalized spacial score (nSPS) is 10.6. The summed E-state index contributed by atoms with van der Waals surface area (Å²) in [5.74, 6) is 1.34. The van der Waals surface area contributed by atoms with Crippen molar-refractivity contribution in [3.63, 3.8) is 0 Å². The Morgan fingerprint density at radius 2 is 1.95 bits per heavy atom. The Hall–Kier alpha value is -2.06. The van der Waals surface area contributed by atoms with Crippen molar-refractivity contribution in [2.75, 3.05) is 0 Å². The Morgan fingerprint density at radius 3 is 2.68 bits per heavy atom. The van der Waals surface area contributed by atoms with E-state index in [9.17, 15) is 4.79 Å². The fraction of sp³-hybridized carbons (Fsp3) is 0.0625. The van der Waals surface area contributed by atoms with Gasteiger partial charge in [0.05, 0.1) is 0 Å². The molecule has 0 aliphatic carbocycles. The van der Waals surface area contributed by atoms with Gasteiger partial charge >= 0.3 is 0 Å². The lowest BCUT2D eigenvalue weighted by Gasteiger charge is -2.08. The number of ether oxygens (including phenoxy) is 1. The van der Waals surface area contributed by atoms with Gasteiger partial charge in [-0.2, -0.15) is 0 Å². The lowest BCUT2D eigenvalue weighted by atomic mass is 10.1. The number of para-hydroxylation sites is 1. The van der Waals surface area contributed by atoms with E-state index in [1.807, 2.05) is 36.4 Å². The quantitative estimate of drug-likeness (QED) is 0.752. The summed E-state index contributed by atoms with van der Waals surface area (Å²) in [5, 5.41) is 0.620. The molecule has 0 spiro atoms. The number of rotatable bonds is 4. The van der Waals surface area contributed by atoms with E-state index in [0.29, 0.717) is 16.5 Å². The third-order valence-electron chi connectivity index (χ3n) is 2.44. The maximum Gasteiger partial charge on any atom is 0.152 e. The van der Waals surface area contributed by atoms with E-state index in [4.69, 9.17) is 16.3 Å². The average molecular weight is 273 g/mol. The van der Waals surface area contributed by atoms with Crippen LogP contribution in [-0.4, -0.2) is 5.78 Å². The highest BCUT2D eigenvalue weighted by Gasteiger charge is 2.02. The number of carbonyl (C=O) groups is 1. The summed E-state index contributed by atoms with van der Waals surface area (Å²) in [6.07, 6.45) is 3.25. The Balaban J connectivity index is 2.27. The highest BCUT2D eigenvalue weighted by Crippen LogP contribution is 2.27. The van der Waals surface area contributed by atoms with E-state index in [2.05, 4.69) is 0 Å². The molecule has 2 aromatic carbocycles. The zero-order valence-corrected chi connectivity index (χ0v) is 11.2. The fourth-order valence-electron chi connectivity index (χ4n) is 1.58. The molecule has 0 fully saturated rings. The Morgan fingerprint density at radius 1 is 1.16 bits per heavy atom. The minimum Gasteiger partial charge on any atom is -0.457 e. The molecular weight excluding hydrogens is 260 g/mol. The molecule has 0 atom stereocenters. The van der Waals surface area contributed by atoms with Crippen molar-refractivity contribution in [1.82, 2.24) is 0 Å². The predicted octanol–water partition coefficient (Wildman–Crippen LogP) is 4.73. The molecule has 0 aliphatic heterocycles. The highest BCUT2D eigenvalue weighted by molar-refractivity contribution is 6.30. The topological polar surface area (TPSA) is 26.3 Å². The molecule has 0 aliphatic rings. The fourth-order valence-corrected chi connectivity index (χ4v) is 1.76. The van der Waals surface area contributed by atoms with Crippen LogP contribution < -0.4 is 4.74 Å². The van der Waals surface area contributed by atoms with Crippen molar-refractivity contribution in [2.24, 2.45) is 0 Å². The van der Waals surface area contributed by atoms with Crippen molar-refractivity contribution in [1.29, 1.82) is 0 Å². The molecule has 0 radical (unpaired) electrons. The Kier molecular flexibility index (Phi) is 4.37. The lowest BCUT2D eigenvalue weighted by molar-refractivity contribution is -0.112. The molecule has 0 bridgehead atoms. The molecule has 19 heavy (non-hydrogen) atoms. The first-order chi connectivity index (χ1) is 9.15. The van der Waals surface area contributed by atoms with Crippen LogP contribution in [0.2, 0.25) is 5.02 Å². The van der Waals surface area contributed by atoms with E-state index < -0.39 is 0 Å². The standard InChI is InChI=1S/C16H13ClO2/c1-12(18)9-10-13-5-2-3-8-16(13)19-15-7-4-6-14(17)11-15/h2-11H,1H3. The molecule has 2 rings (SSSR count). The minimum atomic E-state index is -0.00226. The molecule has 0 N–H and O–H groups in total. The molecule has 0 amide bonds. The minimum absolute atomic E-state index is 0.00226. The zero-order valence-electron chi connectivity index (χ0n) is 10.5. The van der Waals surface area contributed by atoms with Gasteiger partial charge in [-0.15, -0.1) is 0 Å². The number of hydrogen-bond acceptors (Lipinski definition) is 2. The highest BCUT2D eigenvalue weighted by atomic mass is 35.5. The second-order valence-electron chi connectivity index (χ2n) is 4.04. The molecule has 0 heterocycles. The number of benzene rings is 2. The molecule has 2 nitrogen and oxygen atoms in total. The van der Waals surface area contributed by atoms with Crippen LogP contribution in [-0.2, 0) is 4.79 Å². The van der Waals surface area contributed by atoms with E-state index in [1.165, 1.54) is 13.0 Å². The van der Waals surface area contributed by atoms with Crippen LogP contribution in [0.5, 0.6) is 11.5 Å². The molecule has 3 heteroatoms. The lowest BCUT2D eigenvalue weighted by Crippen LogP contribution is -1.88. The molecular formula is C16H13ClO2. The third-order valence-corrected chi connectivity index (χ3v) is 2.68. The summed E-state index contributed by atoms with van der Waals surface area (Å²) in [6, 6.07) is 14.7. The first kappa shape index (κ1) is 13.4. The third kappa shape index (κ3) is 3.97. The largest absolute Gasteiger partial charge is 0.457 e. The Bertz CT molecular complexity index is 618. The monoisotopic (exact) mass is 272 g/mol. The maximum absolute atomic E-state index is 11.0. The summed E-state index contributed by atoms with van der Waals surface area (Å²) in [5.41, 5.74) is 0.845. The van der Waals surface area contributed by atoms with Crippen molar-refractivity contribution >= 4 is 23.5 Å². The summed E-state index contributed by atoms with van der Waals surface area (Å²) in [7, 11) is 0. The van der Waals surface area contributed by atoms with Crippen LogP contribution in [0.3, 0.4) is 0 Å². The smallest absolute Gasteiger partial charge is 0.152 e. The van der Waals surface area contributed by atoms with E-state index in [-0.39, 0.29) is 5.78 Å². The van der Waals surface area contributed by atoms with Gasteiger partial charge in [-0.25, -0.2) is 0 Å². The molecule has 0 saturated carbocycles. The molecule has 0 saturated heterocycles. The van der Waals surface area contributed by atoms with E-state index in [1.54, 1.807) is 18.2 Å². The van der Waals surface area contributed by atoms with Crippen LogP contribution in [0.25, 0.3) is 6.08 Å². The number of halogens is 1. The van der Waals surface area contributed by atoms with Gasteiger partial charge in [0.2, 0.25) is 0 Å². The molecule has 2 aromatic rings. The first-order valence-corrected chi connectivity index (χ1v) is 6.24. The van der Waals surface area contributed by atoms with Gasteiger partial charge in [0.15, 0.2) is 5.78 Å². The summed E-state index contributed by atoms with van der Waals surface area (Å²) in [4.78, 5) is 11.0.